The van der Waals surface area contributed by atoms with Crippen LogP contribution in [0.25, 0.3) is 110 Å². The maximum atomic E-state index is 6.44. The summed E-state index contributed by atoms with van der Waals surface area (Å²) in [5, 5.41) is 9.96. The minimum atomic E-state index is 0.917. The van der Waals surface area contributed by atoms with E-state index in [0.29, 0.717) is 0 Å². The van der Waals surface area contributed by atoms with E-state index in [1.165, 1.54) is 82.4 Å². The van der Waals surface area contributed by atoms with Gasteiger partial charge in [-0.2, -0.15) is 0 Å². The average Bonchev–Trinajstić information content (AvgIpc) is 3.71. The summed E-state index contributed by atoms with van der Waals surface area (Å²) in [5.41, 5.74) is 15.2. The predicted molar refractivity (Wildman–Crippen MR) is 256 cm³/mol. The van der Waals surface area contributed by atoms with Gasteiger partial charge in [-0.15, -0.1) is 0 Å². The van der Waals surface area contributed by atoms with Crippen molar-refractivity contribution in [3.05, 3.63) is 230 Å². The van der Waals surface area contributed by atoms with E-state index < -0.39 is 0 Å². The van der Waals surface area contributed by atoms with E-state index >= 15 is 0 Å². The van der Waals surface area contributed by atoms with Gasteiger partial charge >= 0.3 is 0 Å². The first kappa shape index (κ1) is 35.4. The number of furan rings is 1. The second kappa shape index (κ2) is 14.9. The lowest BCUT2D eigenvalue weighted by atomic mass is 9.86. The Kier molecular flexibility index (Phi) is 8.79. The highest BCUT2D eigenvalue weighted by atomic mass is 16.3. The summed E-state index contributed by atoms with van der Waals surface area (Å²) in [4.78, 5) is 0. The van der Waals surface area contributed by atoms with Crippen molar-refractivity contribution in [1.82, 2.24) is 0 Å². The van der Waals surface area contributed by atoms with E-state index in [2.05, 4.69) is 201 Å². The van der Waals surface area contributed by atoms with Gasteiger partial charge in [-0.1, -0.05) is 200 Å². The van der Waals surface area contributed by atoms with Crippen LogP contribution in [0, 0.1) is 6.92 Å². The molecule has 0 aliphatic heterocycles. The fourth-order valence-corrected chi connectivity index (χ4v) is 9.05. The monoisotopic (exact) mass is 764 g/mol. The number of hydrogen-bond donors (Lipinski definition) is 0. The van der Waals surface area contributed by atoms with E-state index in [1.54, 1.807) is 0 Å². The third-order valence-corrected chi connectivity index (χ3v) is 12.0. The first-order valence-electron chi connectivity index (χ1n) is 20.7. The molecule has 60 heavy (non-hydrogen) atoms. The topological polar surface area (TPSA) is 13.1 Å². The molecule has 1 aromatic heterocycles. The summed E-state index contributed by atoms with van der Waals surface area (Å²) in [6.07, 6.45) is 0. The molecule has 0 radical (unpaired) electrons. The highest BCUT2D eigenvalue weighted by Gasteiger charge is 2.18. The van der Waals surface area contributed by atoms with Gasteiger partial charge in [0.25, 0.3) is 0 Å². The summed E-state index contributed by atoms with van der Waals surface area (Å²) in [6.45, 7) is 2.08. The first-order chi connectivity index (χ1) is 29.7. The Hall–Kier alpha value is -7.74. The van der Waals surface area contributed by atoms with Gasteiger partial charge in [0.2, 0.25) is 0 Å². The molecule has 0 unspecified atom stereocenters. The van der Waals surface area contributed by atoms with Gasteiger partial charge in [0, 0.05) is 16.3 Å². The average molecular weight is 765 g/mol. The van der Waals surface area contributed by atoms with Gasteiger partial charge in [0.1, 0.15) is 11.2 Å². The van der Waals surface area contributed by atoms with Crippen molar-refractivity contribution in [2.45, 2.75) is 6.92 Å². The fourth-order valence-electron chi connectivity index (χ4n) is 9.05. The van der Waals surface area contributed by atoms with Crippen LogP contribution in [0.5, 0.6) is 0 Å². The summed E-state index contributed by atoms with van der Waals surface area (Å²) in [7, 11) is 0. The van der Waals surface area contributed by atoms with Crippen LogP contribution >= 0.6 is 0 Å². The summed E-state index contributed by atoms with van der Waals surface area (Å²) < 4.78 is 6.44. The minimum absolute atomic E-state index is 0.917. The van der Waals surface area contributed by atoms with Crippen LogP contribution < -0.4 is 0 Å². The molecular weight excluding hydrogens is 725 g/mol. The third-order valence-electron chi connectivity index (χ3n) is 12.0. The zero-order valence-corrected chi connectivity index (χ0v) is 33.3. The van der Waals surface area contributed by atoms with Crippen molar-refractivity contribution in [3.8, 4) is 55.6 Å². The minimum Gasteiger partial charge on any atom is -0.455 e. The molecule has 12 rings (SSSR count). The zero-order chi connectivity index (χ0) is 40.0. The molecule has 1 heterocycles. The Balaban J connectivity index is 0.000000533. The molecule has 1 nitrogen and oxygen atoms in total. The standard InChI is InChI=1S/C52H32O.C7H8/c1-3-11-33(12-4-1)39-30-40(34-13-5-2-6-14-34)32-41(31-39)43-26-22-36-23-27-46-42(25-21-35-24-28-47(43)51(36)50(35)46)37-15-9-16-38(29-37)44-18-10-19-48-45-17-7-8-20-49(45)53-52(44)48;1-7-5-3-2-4-6-7/h1-32H;2-6H,1H3. The van der Waals surface area contributed by atoms with Crippen LogP contribution in [0.4, 0.5) is 0 Å². The second-order valence-corrected chi connectivity index (χ2v) is 15.7. The molecular formula is C59H40O. The highest BCUT2D eigenvalue weighted by Crippen LogP contribution is 2.44. The molecule has 0 fully saturated rings. The molecule has 0 bridgehead atoms. The smallest absolute Gasteiger partial charge is 0.143 e. The van der Waals surface area contributed by atoms with Crippen molar-refractivity contribution in [1.29, 1.82) is 0 Å². The Morgan fingerprint density at radius 3 is 1.33 bits per heavy atom. The molecule has 0 saturated heterocycles. The second-order valence-electron chi connectivity index (χ2n) is 15.7. The van der Waals surface area contributed by atoms with E-state index in [9.17, 15) is 0 Å². The van der Waals surface area contributed by atoms with Gasteiger partial charge in [0.15, 0.2) is 0 Å². The maximum Gasteiger partial charge on any atom is 0.143 e. The fraction of sp³-hybridized carbons (Fsp3) is 0.0169. The van der Waals surface area contributed by atoms with Gasteiger partial charge in [0.05, 0.1) is 0 Å². The zero-order valence-electron chi connectivity index (χ0n) is 33.3. The van der Waals surface area contributed by atoms with Gasteiger partial charge in [-0.25, -0.2) is 0 Å². The molecule has 12 aromatic rings. The largest absolute Gasteiger partial charge is 0.455 e. The van der Waals surface area contributed by atoms with Crippen LogP contribution in [0.3, 0.4) is 0 Å². The molecule has 11 aromatic carbocycles. The number of para-hydroxylation sites is 2. The number of rotatable bonds is 5. The SMILES string of the molecule is Cc1ccccc1.c1ccc(-c2cc(-c3ccccc3)cc(-c3ccc4ccc5c(-c6cccc(-c7cccc8c7oc7ccccc78)c6)ccc6ccc3c4c65)c2)cc1. The highest BCUT2D eigenvalue weighted by molar-refractivity contribution is 6.27. The van der Waals surface area contributed by atoms with E-state index in [0.717, 1.165) is 33.1 Å². The van der Waals surface area contributed by atoms with Crippen molar-refractivity contribution < 1.29 is 4.42 Å². The summed E-state index contributed by atoms with van der Waals surface area (Å²) in [6, 6.07) is 80.8. The third kappa shape index (κ3) is 6.29. The summed E-state index contributed by atoms with van der Waals surface area (Å²) >= 11 is 0. The molecule has 282 valence electrons. The lowest BCUT2D eigenvalue weighted by Crippen LogP contribution is -1.91. The number of hydrogen-bond acceptors (Lipinski definition) is 1. The molecule has 0 saturated carbocycles. The molecule has 1 heteroatoms. The summed E-state index contributed by atoms with van der Waals surface area (Å²) in [5.74, 6) is 0. The van der Waals surface area contributed by atoms with Crippen LogP contribution in [0.1, 0.15) is 5.56 Å². The first-order valence-corrected chi connectivity index (χ1v) is 20.7. The lowest BCUT2D eigenvalue weighted by Gasteiger charge is -2.18. The molecule has 0 aliphatic rings. The van der Waals surface area contributed by atoms with Gasteiger partial charge in [-0.3, -0.25) is 0 Å². The van der Waals surface area contributed by atoms with Crippen molar-refractivity contribution in [3.63, 3.8) is 0 Å². The molecule has 0 aliphatic carbocycles. The molecule has 0 spiro atoms. The molecule has 0 atom stereocenters. The van der Waals surface area contributed by atoms with E-state index in [4.69, 9.17) is 4.42 Å². The Labute approximate surface area is 349 Å². The molecule has 0 amide bonds. The Bertz CT molecular complexity index is 3410. The predicted octanol–water partition coefficient (Wildman–Crippen LogP) is 16.8. The van der Waals surface area contributed by atoms with Crippen LogP contribution in [-0.2, 0) is 0 Å². The van der Waals surface area contributed by atoms with Gasteiger partial charge < -0.3 is 4.42 Å². The van der Waals surface area contributed by atoms with Crippen molar-refractivity contribution >= 4 is 54.3 Å². The Morgan fingerprint density at radius 2 is 0.733 bits per heavy atom. The van der Waals surface area contributed by atoms with E-state index in [-0.39, 0.29) is 0 Å². The number of fused-ring (bicyclic) bond motifs is 3. The van der Waals surface area contributed by atoms with Gasteiger partial charge in [-0.05, 0) is 120 Å². The lowest BCUT2D eigenvalue weighted by molar-refractivity contribution is 0.670. The van der Waals surface area contributed by atoms with Crippen LogP contribution in [0.2, 0.25) is 0 Å². The number of benzene rings is 11. The molecule has 0 N–H and O–H groups in total. The normalized spacial score (nSPS) is 11.4. The van der Waals surface area contributed by atoms with Crippen LogP contribution in [0.15, 0.2) is 229 Å². The Morgan fingerprint density at radius 1 is 0.283 bits per heavy atom. The van der Waals surface area contributed by atoms with Crippen molar-refractivity contribution in [2.75, 3.05) is 0 Å². The van der Waals surface area contributed by atoms with Crippen LogP contribution in [-0.4, -0.2) is 0 Å². The number of aryl methyl sites for hydroxylation is 1. The van der Waals surface area contributed by atoms with E-state index in [1.807, 2.05) is 30.3 Å². The maximum absolute atomic E-state index is 6.44. The van der Waals surface area contributed by atoms with Crippen molar-refractivity contribution in [2.24, 2.45) is 0 Å². The quantitative estimate of drug-likeness (QED) is 0.159.